The predicted octanol–water partition coefficient (Wildman–Crippen LogP) is 0.991. The monoisotopic (exact) mass is 297 g/mol. The molecule has 0 saturated carbocycles. The Morgan fingerprint density at radius 1 is 1.38 bits per heavy atom. The van der Waals surface area contributed by atoms with E-state index in [2.05, 4.69) is 10.3 Å². The van der Waals surface area contributed by atoms with Gasteiger partial charge in [-0.15, -0.1) is 0 Å². The summed E-state index contributed by atoms with van der Waals surface area (Å²) < 4.78 is 11.6. The van der Waals surface area contributed by atoms with Crippen LogP contribution in [0.4, 0.5) is 0 Å². The van der Waals surface area contributed by atoms with Gasteiger partial charge < -0.3 is 19.4 Å². The highest BCUT2D eigenvalue weighted by Crippen LogP contribution is 2.10. The molecule has 1 rings (SSSR count). The minimum atomic E-state index is -0.570. The lowest BCUT2D eigenvalue weighted by Gasteiger charge is -2.18. The number of nitrogens with one attached hydrogen (secondary N) is 1. The molecule has 0 aliphatic heterocycles. The smallest absolute Gasteiger partial charge is 0.359 e. The first-order chi connectivity index (χ1) is 9.81. The van der Waals surface area contributed by atoms with Crippen molar-refractivity contribution in [2.45, 2.75) is 39.3 Å². The Labute approximate surface area is 124 Å². The third-order valence-corrected chi connectivity index (χ3v) is 2.41. The summed E-state index contributed by atoms with van der Waals surface area (Å²) in [6.07, 6.45) is 3.70. The Morgan fingerprint density at radius 2 is 2.10 bits per heavy atom. The van der Waals surface area contributed by atoms with Crippen molar-refractivity contribution < 1.29 is 19.1 Å². The molecule has 118 valence electrons. The van der Waals surface area contributed by atoms with Gasteiger partial charge in [0.2, 0.25) is 5.91 Å². The number of hydrogen-bond acceptors (Lipinski definition) is 5. The van der Waals surface area contributed by atoms with E-state index in [-0.39, 0.29) is 18.1 Å². The number of carbonyl (C=O) groups excluding carboxylic acids is 2. The van der Waals surface area contributed by atoms with Crippen LogP contribution < -0.4 is 5.32 Å². The Hall–Kier alpha value is -1.89. The number of hydrogen-bond donors (Lipinski definition) is 1. The van der Waals surface area contributed by atoms with E-state index in [0.717, 1.165) is 6.42 Å². The molecule has 0 aromatic carbocycles. The van der Waals surface area contributed by atoms with Crippen LogP contribution in [0.25, 0.3) is 0 Å². The van der Waals surface area contributed by atoms with Crippen molar-refractivity contribution in [1.82, 2.24) is 14.9 Å². The third-order valence-electron chi connectivity index (χ3n) is 2.41. The number of ether oxygens (including phenoxy) is 2. The molecule has 0 bridgehead atoms. The van der Waals surface area contributed by atoms with Crippen LogP contribution in [0.2, 0.25) is 0 Å². The van der Waals surface area contributed by atoms with Gasteiger partial charge in [0.05, 0.1) is 6.33 Å². The maximum Gasteiger partial charge on any atom is 0.359 e. The zero-order chi connectivity index (χ0) is 15.9. The number of carbonyl (C=O) groups is 2. The molecule has 7 heteroatoms. The fourth-order valence-electron chi connectivity index (χ4n) is 1.55. The van der Waals surface area contributed by atoms with Gasteiger partial charge in [0, 0.05) is 26.5 Å². The second-order valence-corrected chi connectivity index (χ2v) is 5.63. The normalized spacial score (nSPS) is 11.2. The van der Waals surface area contributed by atoms with Gasteiger partial charge in [-0.3, -0.25) is 4.79 Å². The van der Waals surface area contributed by atoms with E-state index in [1.165, 1.54) is 12.5 Å². The molecule has 0 fully saturated rings. The van der Waals surface area contributed by atoms with Gasteiger partial charge in [-0.25, -0.2) is 9.78 Å². The second kappa shape index (κ2) is 7.78. The van der Waals surface area contributed by atoms with Crippen LogP contribution in [-0.4, -0.2) is 47.3 Å². The third kappa shape index (κ3) is 6.89. The largest absolute Gasteiger partial charge is 0.455 e. The molecule has 21 heavy (non-hydrogen) atoms. The average Bonchev–Trinajstić information content (AvgIpc) is 2.81. The maximum absolute atomic E-state index is 11.8. The topological polar surface area (TPSA) is 82.5 Å². The summed E-state index contributed by atoms with van der Waals surface area (Å²) in [6.45, 7) is 6.64. The van der Waals surface area contributed by atoms with Gasteiger partial charge in [-0.05, 0) is 27.2 Å². The molecule has 0 aliphatic rings. The molecule has 0 aliphatic carbocycles. The first-order valence-electron chi connectivity index (χ1n) is 6.82. The Kier molecular flexibility index (Phi) is 6.36. The lowest BCUT2D eigenvalue weighted by molar-refractivity contribution is -0.121. The lowest BCUT2D eigenvalue weighted by atomic mass is 10.2. The van der Waals surface area contributed by atoms with Crippen LogP contribution >= 0.6 is 0 Å². The first kappa shape index (κ1) is 17.2. The maximum atomic E-state index is 11.8. The standard InChI is InChI=1S/C14H23N3O4/c1-14(2,3)21-13(19)11-8-17(10-16-11)9-12(18)15-6-5-7-20-4/h8,10H,5-7,9H2,1-4H3,(H,15,18). The molecule has 7 nitrogen and oxygen atoms in total. The zero-order valence-electron chi connectivity index (χ0n) is 13.0. The molecular formula is C14H23N3O4. The van der Waals surface area contributed by atoms with Crippen LogP contribution in [0.15, 0.2) is 12.5 Å². The molecule has 0 saturated heterocycles. The highest BCUT2D eigenvalue weighted by Gasteiger charge is 2.19. The minimum absolute atomic E-state index is 0.114. The Balaban J connectivity index is 2.44. The van der Waals surface area contributed by atoms with Crippen molar-refractivity contribution in [2.24, 2.45) is 0 Å². The molecule has 1 aromatic rings. The van der Waals surface area contributed by atoms with E-state index in [1.54, 1.807) is 32.4 Å². The molecule has 1 heterocycles. The summed E-state index contributed by atoms with van der Waals surface area (Å²) in [6, 6.07) is 0. The second-order valence-electron chi connectivity index (χ2n) is 5.63. The molecule has 1 N–H and O–H groups in total. The lowest BCUT2D eigenvalue weighted by Crippen LogP contribution is -2.28. The van der Waals surface area contributed by atoms with Crippen LogP contribution in [-0.2, 0) is 20.8 Å². The Bertz CT molecular complexity index is 477. The molecule has 0 unspecified atom stereocenters. The highest BCUT2D eigenvalue weighted by atomic mass is 16.6. The first-order valence-corrected chi connectivity index (χ1v) is 6.82. The summed E-state index contributed by atoms with van der Waals surface area (Å²) in [7, 11) is 1.62. The van der Waals surface area contributed by atoms with E-state index < -0.39 is 11.6 Å². The van der Waals surface area contributed by atoms with E-state index in [1.807, 2.05) is 0 Å². The summed E-state index contributed by atoms with van der Waals surface area (Å²) in [4.78, 5) is 27.4. The average molecular weight is 297 g/mol. The number of imidazole rings is 1. The quantitative estimate of drug-likeness (QED) is 0.599. The van der Waals surface area contributed by atoms with Gasteiger partial charge in [0.15, 0.2) is 5.69 Å². The summed E-state index contributed by atoms with van der Waals surface area (Å²) in [5, 5.41) is 2.76. The number of aromatic nitrogens is 2. The SMILES string of the molecule is COCCCNC(=O)Cn1cnc(C(=O)OC(C)(C)C)c1. The van der Waals surface area contributed by atoms with Crippen molar-refractivity contribution in [2.75, 3.05) is 20.3 Å². The molecule has 1 amide bonds. The highest BCUT2D eigenvalue weighted by molar-refractivity contribution is 5.87. The van der Waals surface area contributed by atoms with Crippen molar-refractivity contribution in [3.8, 4) is 0 Å². The molecule has 1 aromatic heterocycles. The van der Waals surface area contributed by atoms with Crippen LogP contribution in [0.3, 0.4) is 0 Å². The van der Waals surface area contributed by atoms with Crippen LogP contribution in [0.1, 0.15) is 37.7 Å². The zero-order valence-corrected chi connectivity index (χ0v) is 13.0. The number of amides is 1. The van der Waals surface area contributed by atoms with Gasteiger partial charge in [0.1, 0.15) is 12.1 Å². The number of nitrogens with zero attached hydrogens (tertiary/aromatic N) is 2. The fourth-order valence-corrected chi connectivity index (χ4v) is 1.55. The molecular weight excluding hydrogens is 274 g/mol. The van der Waals surface area contributed by atoms with Gasteiger partial charge >= 0.3 is 5.97 Å². The molecule has 0 radical (unpaired) electrons. The van der Waals surface area contributed by atoms with E-state index >= 15 is 0 Å². The van der Waals surface area contributed by atoms with Gasteiger partial charge in [-0.1, -0.05) is 0 Å². The van der Waals surface area contributed by atoms with Crippen LogP contribution in [0.5, 0.6) is 0 Å². The number of esters is 1. The van der Waals surface area contributed by atoms with Crippen LogP contribution in [0, 0.1) is 0 Å². The Morgan fingerprint density at radius 3 is 2.71 bits per heavy atom. The minimum Gasteiger partial charge on any atom is -0.455 e. The van der Waals surface area contributed by atoms with E-state index in [0.29, 0.717) is 13.2 Å². The van der Waals surface area contributed by atoms with Crippen molar-refractivity contribution in [3.63, 3.8) is 0 Å². The van der Waals surface area contributed by atoms with E-state index in [9.17, 15) is 9.59 Å². The number of rotatable bonds is 7. The van der Waals surface area contributed by atoms with Crippen molar-refractivity contribution in [1.29, 1.82) is 0 Å². The predicted molar refractivity (Wildman–Crippen MR) is 76.9 cm³/mol. The molecule has 0 atom stereocenters. The molecule has 0 spiro atoms. The number of methoxy groups -OCH3 is 1. The van der Waals surface area contributed by atoms with Gasteiger partial charge in [0.25, 0.3) is 0 Å². The summed E-state index contributed by atoms with van der Waals surface area (Å²) >= 11 is 0. The van der Waals surface area contributed by atoms with E-state index in [4.69, 9.17) is 9.47 Å². The summed E-state index contributed by atoms with van der Waals surface area (Å²) in [5.74, 6) is -0.638. The van der Waals surface area contributed by atoms with Gasteiger partial charge in [-0.2, -0.15) is 0 Å². The van der Waals surface area contributed by atoms with Crippen molar-refractivity contribution in [3.05, 3.63) is 18.2 Å². The van der Waals surface area contributed by atoms with Crippen molar-refractivity contribution >= 4 is 11.9 Å². The fraction of sp³-hybridized carbons (Fsp3) is 0.643. The summed E-state index contributed by atoms with van der Waals surface area (Å²) in [5.41, 5.74) is -0.378.